The lowest BCUT2D eigenvalue weighted by Crippen LogP contribution is -2.00. The lowest BCUT2D eigenvalue weighted by atomic mass is 10.2. The SMILES string of the molecule is COCCO.O=C1CCCCCO1. The second kappa shape index (κ2) is 9.48. The zero-order chi connectivity index (χ0) is 9.94. The second-order valence-electron chi connectivity index (χ2n) is 2.75. The summed E-state index contributed by atoms with van der Waals surface area (Å²) in [5.41, 5.74) is 0. The van der Waals surface area contributed by atoms with Gasteiger partial charge in [0.15, 0.2) is 0 Å². The number of rotatable bonds is 2. The molecule has 4 nitrogen and oxygen atoms in total. The first kappa shape index (κ1) is 12.4. The molecule has 0 bridgehead atoms. The smallest absolute Gasteiger partial charge is 0.305 e. The Labute approximate surface area is 78.8 Å². The van der Waals surface area contributed by atoms with Gasteiger partial charge in [-0.1, -0.05) is 0 Å². The molecule has 1 aliphatic rings. The van der Waals surface area contributed by atoms with Crippen molar-refractivity contribution in [3.05, 3.63) is 0 Å². The van der Waals surface area contributed by atoms with E-state index in [0.717, 1.165) is 19.3 Å². The summed E-state index contributed by atoms with van der Waals surface area (Å²) >= 11 is 0. The highest BCUT2D eigenvalue weighted by molar-refractivity contribution is 5.69. The molecule has 0 aliphatic carbocycles. The predicted molar refractivity (Wildman–Crippen MR) is 48.4 cm³/mol. The maximum Gasteiger partial charge on any atom is 0.305 e. The fourth-order valence-corrected chi connectivity index (χ4v) is 0.898. The normalized spacial score (nSPS) is 16.6. The van der Waals surface area contributed by atoms with E-state index >= 15 is 0 Å². The molecule has 1 rings (SSSR count). The van der Waals surface area contributed by atoms with Crippen molar-refractivity contribution in [1.82, 2.24) is 0 Å². The predicted octanol–water partition coefficient (Wildman–Crippen LogP) is 0.729. The minimum atomic E-state index is -0.0255. The molecule has 4 heteroatoms. The lowest BCUT2D eigenvalue weighted by molar-refractivity contribution is -0.142. The maximum atomic E-state index is 10.5. The summed E-state index contributed by atoms with van der Waals surface area (Å²) in [5, 5.41) is 7.94. The summed E-state index contributed by atoms with van der Waals surface area (Å²) in [6.07, 6.45) is 3.83. The molecule has 0 saturated carbocycles. The molecular weight excluding hydrogens is 172 g/mol. The molecule has 0 aromatic rings. The molecule has 1 heterocycles. The van der Waals surface area contributed by atoms with E-state index in [9.17, 15) is 4.79 Å². The molecular formula is C9H18O4. The molecule has 1 aliphatic heterocycles. The van der Waals surface area contributed by atoms with Crippen molar-refractivity contribution >= 4 is 5.97 Å². The largest absolute Gasteiger partial charge is 0.466 e. The summed E-state index contributed by atoms with van der Waals surface area (Å²) in [6.45, 7) is 1.20. The maximum absolute atomic E-state index is 10.5. The standard InChI is InChI=1S/C6H10O2.C3H8O2/c7-6-4-2-1-3-5-8-6;1-5-3-2-4/h1-5H2;4H,2-3H2,1H3. The van der Waals surface area contributed by atoms with Crippen molar-refractivity contribution < 1.29 is 19.4 Å². The Kier molecular flexibility index (Phi) is 9.03. The first-order chi connectivity index (χ1) is 6.31. The van der Waals surface area contributed by atoms with E-state index in [1.165, 1.54) is 0 Å². The van der Waals surface area contributed by atoms with Gasteiger partial charge in [-0.15, -0.1) is 0 Å². The third kappa shape index (κ3) is 9.30. The van der Waals surface area contributed by atoms with Gasteiger partial charge in [-0.3, -0.25) is 4.79 Å². The summed E-state index contributed by atoms with van der Waals surface area (Å²) in [6, 6.07) is 0. The average molecular weight is 190 g/mol. The number of carbonyl (C=O) groups is 1. The van der Waals surface area contributed by atoms with Gasteiger partial charge in [0.05, 0.1) is 19.8 Å². The zero-order valence-electron chi connectivity index (χ0n) is 8.12. The number of cyclic esters (lactones) is 1. The molecule has 78 valence electrons. The van der Waals surface area contributed by atoms with Crippen LogP contribution in [0.3, 0.4) is 0 Å². The Hall–Kier alpha value is -0.610. The molecule has 0 atom stereocenters. The minimum absolute atomic E-state index is 0.0255. The van der Waals surface area contributed by atoms with Crippen molar-refractivity contribution in [3.8, 4) is 0 Å². The topological polar surface area (TPSA) is 55.8 Å². The van der Waals surface area contributed by atoms with Crippen molar-refractivity contribution in [2.45, 2.75) is 25.7 Å². The lowest BCUT2D eigenvalue weighted by Gasteiger charge is -1.93. The molecule has 0 unspecified atom stereocenters. The Morgan fingerprint density at radius 1 is 1.46 bits per heavy atom. The monoisotopic (exact) mass is 190 g/mol. The Bertz CT molecular complexity index is 113. The Balaban J connectivity index is 0.000000252. The van der Waals surface area contributed by atoms with Gasteiger partial charge in [0.1, 0.15) is 0 Å². The number of aliphatic hydroxyl groups is 1. The molecule has 13 heavy (non-hydrogen) atoms. The minimum Gasteiger partial charge on any atom is -0.466 e. The molecule has 1 fully saturated rings. The third-order valence-electron chi connectivity index (χ3n) is 1.58. The van der Waals surface area contributed by atoms with Gasteiger partial charge in [0.2, 0.25) is 0 Å². The van der Waals surface area contributed by atoms with Crippen molar-refractivity contribution in [2.24, 2.45) is 0 Å². The first-order valence-corrected chi connectivity index (χ1v) is 4.56. The fraction of sp³-hybridized carbons (Fsp3) is 0.889. The molecule has 0 aromatic carbocycles. The molecule has 0 amide bonds. The highest BCUT2D eigenvalue weighted by Gasteiger charge is 2.05. The summed E-state index contributed by atoms with van der Waals surface area (Å²) in [5.74, 6) is -0.0255. The van der Waals surface area contributed by atoms with Crippen LogP contribution < -0.4 is 0 Å². The average Bonchev–Trinajstić information content (AvgIpc) is 2.35. The van der Waals surface area contributed by atoms with Crippen molar-refractivity contribution in [3.63, 3.8) is 0 Å². The quantitative estimate of drug-likeness (QED) is 0.652. The Morgan fingerprint density at radius 2 is 2.23 bits per heavy atom. The van der Waals surface area contributed by atoms with Gasteiger partial charge in [-0.2, -0.15) is 0 Å². The van der Waals surface area contributed by atoms with Crippen LogP contribution in [0.2, 0.25) is 0 Å². The van der Waals surface area contributed by atoms with Crippen LogP contribution in [0.4, 0.5) is 0 Å². The van der Waals surface area contributed by atoms with Crippen LogP contribution in [0, 0.1) is 0 Å². The van der Waals surface area contributed by atoms with Crippen LogP contribution in [0.5, 0.6) is 0 Å². The van der Waals surface area contributed by atoms with Crippen LogP contribution in [0.15, 0.2) is 0 Å². The van der Waals surface area contributed by atoms with E-state index in [4.69, 9.17) is 9.84 Å². The van der Waals surface area contributed by atoms with Crippen LogP contribution in [0.25, 0.3) is 0 Å². The highest BCUT2D eigenvalue weighted by Crippen LogP contribution is 2.06. The number of aliphatic hydroxyl groups excluding tert-OH is 1. The van der Waals surface area contributed by atoms with E-state index in [0.29, 0.717) is 19.6 Å². The number of ether oxygens (including phenoxy) is 2. The first-order valence-electron chi connectivity index (χ1n) is 4.56. The van der Waals surface area contributed by atoms with Crippen molar-refractivity contribution in [2.75, 3.05) is 26.9 Å². The molecule has 0 aromatic heterocycles. The number of hydrogen-bond acceptors (Lipinski definition) is 4. The molecule has 0 radical (unpaired) electrons. The van der Waals surface area contributed by atoms with Crippen LogP contribution >= 0.6 is 0 Å². The van der Waals surface area contributed by atoms with Crippen molar-refractivity contribution in [1.29, 1.82) is 0 Å². The number of carbonyl (C=O) groups excluding carboxylic acids is 1. The van der Waals surface area contributed by atoms with E-state index in [2.05, 4.69) is 4.74 Å². The Morgan fingerprint density at radius 3 is 2.77 bits per heavy atom. The van der Waals surface area contributed by atoms with Gasteiger partial charge in [-0.25, -0.2) is 0 Å². The molecule has 1 N–H and O–H groups in total. The second-order valence-corrected chi connectivity index (χ2v) is 2.75. The van der Waals surface area contributed by atoms with E-state index < -0.39 is 0 Å². The van der Waals surface area contributed by atoms with Gasteiger partial charge in [-0.05, 0) is 19.3 Å². The summed E-state index contributed by atoms with van der Waals surface area (Å²) in [4.78, 5) is 10.5. The van der Waals surface area contributed by atoms with Crippen LogP contribution in [-0.2, 0) is 14.3 Å². The van der Waals surface area contributed by atoms with Gasteiger partial charge in [0.25, 0.3) is 0 Å². The van der Waals surface area contributed by atoms with Crippen LogP contribution in [0.1, 0.15) is 25.7 Å². The number of hydrogen-bond donors (Lipinski definition) is 1. The van der Waals surface area contributed by atoms with E-state index in [1.807, 2.05) is 0 Å². The van der Waals surface area contributed by atoms with Crippen LogP contribution in [-0.4, -0.2) is 38.0 Å². The van der Waals surface area contributed by atoms with E-state index in [-0.39, 0.29) is 12.6 Å². The van der Waals surface area contributed by atoms with Gasteiger partial charge < -0.3 is 14.6 Å². The number of methoxy groups -OCH3 is 1. The zero-order valence-corrected chi connectivity index (χ0v) is 8.12. The van der Waals surface area contributed by atoms with Gasteiger partial charge >= 0.3 is 5.97 Å². The van der Waals surface area contributed by atoms with E-state index in [1.54, 1.807) is 7.11 Å². The highest BCUT2D eigenvalue weighted by atomic mass is 16.5. The number of esters is 1. The molecule has 1 saturated heterocycles. The van der Waals surface area contributed by atoms with Gasteiger partial charge in [0, 0.05) is 13.5 Å². The summed E-state index contributed by atoms with van der Waals surface area (Å²) in [7, 11) is 1.55. The fourth-order valence-electron chi connectivity index (χ4n) is 0.898. The third-order valence-corrected chi connectivity index (χ3v) is 1.58. The summed E-state index contributed by atoms with van der Waals surface area (Å²) < 4.78 is 9.20. The molecule has 0 spiro atoms.